The van der Waals surface area contributed by atoms with Crippen LogP contribution >= 0.6 is 15.9 Å². The van der Waals surface area contributed by atoms with Crippen LogP contribution in [0.1, 0.15) is 24.1 Å². The van der Waals surface area contributed by atoms with Crippen LogP contribution in [-0.4, -0.2) is 13.7 Å². The molecule has 0 bridgehead atoms. The van der Waals surface area contributed by atoms with E-state index >= 15 is 0 Å². The molecule has 1 N–H and O–H groups in total. The van der Waals surface area contributed by atoms with E-state index in [1.165, 1.54) is 13.2 Å². The summed E-state index contributed by atoms with van der Waals surface area (Å²) in [5.74, 6) is 0.322. The van der Waals surface area contributed by atoms with E-state index in [2.05, 4.69) is 32.9 Å². The van der Waals surface area contributed by atoms with Crippen LogP contribution < -0.4 is 14.8 Å². The van der Waals surface area contributed by atoms with Crippen molar-refractivity contribution in [3.8, 4) is 11.5 Å². The number of hydrogen-bond acceptors (Lipinski definition) is 3. The molecule has 0 aromatic heterocycles. The van der Waals surface area contributed by atoms with Crippen molar-refractivity contribution in [2.45, 2.75) is 26.1 Å². The molecular formula is C17H18BrF2NO2. The van der Waals surface area contributed by atoms with Gasteiger partial charge >= 0.3 is 6.61 Å². The molecular weight excluding hydrogens is 368 g/mol. The molecule has 1 atom stereocenters. The second-order valence-corrected chi connectivity index (χ2v) is 5.84. The first kappa shape index (κ1) is 17.7. The molecule has 0 radical (unpaired) electrons. The Bertz CT molecular complexity index is 652. The second kappa shape index (κ2) is 8.26. The Balaban J connectivity index is 2.04. The first-order valence-electron chi connectivity index (χ1n) is 7.10. The lowest BCUT2D eigenvalue weighted by molar-refractivity contribution is -0.0512. The van der Waals surface area contributed by atoms with Crippen molar-refractivity contribution in [1.82, 2.24) is 5.32 Å². The number of rotatable bonds is 7. The SMILES string of the molecule is COc1cc(CNC(C)c2ccccc2Br)ccc1OC(F)F. The molecule has 23 heavy (non-hydrogen) atoms. The van der Waals surface area contributed by atoms with Gasteiger partial charge in [0.05, 0.1) is 7.11 Å². The van der Waals surface area contributed by atoms with Gasteiger partial charge in [-0.2, -0.15) is 8.78 Å². The summed E-state index contributed by atoms with van der Waals surface area (Å²) >= 11 is 3.53. The van der Waals surface area contributed by atoms with Crippen molar-refractivity contribution in [3.63, 3.8) is 0 Å². The third-order valence-electron chi connectivity index (χ3n) is 3.43. The predicted molar refractivity (Wildman–Crippen MR) is 89.0 cm³/mol. The molecule has 1 unspecified atom stereocenters. The lowest BCUT2D eigenvalue weighted by Crippen LogP contribution is -2.18. The quantitative estimate of drug-likeness (QED) is 0.734. The zero-order valence-electron chi connectivity index (χ0n) is 12.9. The van der Waals surface area contributed by atoms with Gasteiger partial charge in [-0.25, -0.2) is 0 Å². The maximum atomic E-state index is 12.3. The number of alkyl halides is 2. The number of hydrogen-bond donors (Lipinski definition) is 1. The van der Waals surface area contributed by atoms with E-state index in [1.54, 1.807) is 12.1 Å². The molecule has 0 saturated heterocycles. The zero-order chi connectivity index (χ0) is 16.8. The first-order valence-corrected chi connectivity index (χ1v) is 7.90. The van der Waals surface area contributed by atoms with Crippen molar-refractivity contribution in [2.75, 3.05) is 7.11 Å². The summed E-state index contributed by atoms with van der Waals surface area (Å²) in [7, 11) is 1.43. The fourth-order valence-corrected chi connectivity index (χ4v) is 2.85. The molecule has 0 amide bonds. The summed E-state index contributed by atoms with van der Waals surface area (Å²) in [5, 5.41) is 3.39. The van der Waals surface area contributed by atoms with Crippen LogP contribution in [0.15, 0.2) is 46.9 Å². The maximum Gasteiger partial charge on any atom is 0.387 e. The number of benzene rings is 2. The Morgan fingerprint density at radius 2 is 1.87 bits per heavy atom. The smallest absolute Gasteiger partial charge is 0.387 e. The van der Waals surface area contributed by atoms with Gasteiger partial charge in [0.25, 0.3) is 0 Å². The largest absolute Gasteiger partial charge is 0.493 e. The predicted octanol–water partition coefficient (Wildman–Crippen LogP) is 4.91. The topological polar surface area (TPSA) is 30.5 Å². The van der Waals surface area contributed by atoms with Gasteiger partial charge < -0.3 is 14.8 Å². The van der Waals surface area contributed by atoms with Crippen LogP contribution in [0.3, 0.4) is 0 Å². The maximum absolute atomic E-state index is 12.3. The number of ether oxygens (including phenoxy) is 2. The highest BCUT2D eigenvalue weighted by Gasteiger charge is 2.12. The van der Waals surface area contributed by atoms with E-state index in [9.17, 15) is 8.78 Å². The normalized spacial score (nSPS) is 12.3. The van der Waals surface area contributed by atoms with E-state index < -0.39 is 6.61 Å². The van der Waals surface area contributed by atoms with Crippen molar-refractivity contribution in [2.24, 2.45) is 0 Å². The molecule has 0 spiro atoms. The van der Waals surface area contributed by atoms with Crippen molar-refractivity contribution < 1.29 is 18.3 Å². The summed E-state index contributed by atoms with van der Waals surface area (Å²) in [6, 6.07) is 13.0. The van der Waals surface area contributed by atoms with Gasteiger partial charge in [-0.1, -0.05) is 40.2 Å². The Hall–Kier alpha value is -1.66. The van der Waals surface area contributed by atoms with Gasteiger partial charge in [-0.15, -0.1) is 0 Å². The standard InChI is InChI=1S/C17H18BrF2NO2/c1-11(13-5-3-4-6-14(13)18)21-10-12-7-8-15(23-17(19)20)16(9-12)22-2/h3-9,11,17,21H,10H2,1-2H3. The molecule has 0 aliphatic heterocycles. The average molecular weight is 386 g/mol. The number of methoxy groups -OCH3 is 1. The van der Waals surface area contributed by atoms with Crippen LogP contribution in [0.5, 0.6) is 11.5 Å². The molecule has 0 aliphatic carbocycles. The molecule has 2 aromatic carbocycles. The number of nitrogens with one attached hydrogen (secondary N) is 1. The average Bonchev–Trinajstić information content (AvgIpc) is 2.53. The minimum Gasteiger partial charge on any atom is -0.493 e. The van der Waals surface area contributed by atoms with E-state index in [1.807, 2.05) is 24.3 Å². The van der Waals surface area contributed by atoms with Gasteiger partial charge in [-0.3, -0.25) is 0 Å². The van der Waals surface area contributed by atoms with Crippen LogP contribution in [0, 0.1) is 0 Å². The molecule has 124 valence electrons. The monoisotopic (exact) mass is 385 g/mol. The van der Waals surface area contributed by atoms with Gasteiger partial charge in [0.2, 0.25) is 0 Å². The van der Waals surface area contributed by atoms with E-state index in [0.29, 0.717) is 6.54 Å². The third-order valence-corrected chi connectivity index (χ3v) is 4.15. The van der Waals surface area contributed by atoms with Gasteiger partial charge in [0.1, 0.15) is 0 Å². The van der Waals surface area contributed by atoms with Gasteiger partial charge in [-0.05, 0) is 36.2 Å². The highest BCUT2D eigenvalue weighted by molar-refractivity contribution is 9.10. The van der Waals surface area contributed by atoms with Crippen LogP contribution in [-0.2, 0) is 6.54 Å². The summed E-state index contributed by atoms with van der Waals surface area (Å²) in [4.78, 5) is 0. The highest BCUT2D eigenvalue weighted by atomic mass is 79.9. The lowest BCUT2D eigenvalue weighted by atomic mass is 10.1. The minimum atomic E-state index is -2.87. The third kappa shape index (κ3) is 4.91. The summed E-state index contributed by atoms with van der Waals surface area (Å²) in [6.45, 7) is -0.234. The molecule has 0 saturated carbocycles. The van der Waals surface area contributed by atoms with E-state index in [0.717, 1.165) is 15.6 Å². The molecule has 0 fully saturated rings. The molecule has 3 nitrogen and oxygen atoms in total. The van der Waals surface area contributed by atoms with E-state index in [4.69, 9.17) is 4.74 Å². The van der Waals surface area contributed by atoms with Crippen LogP contribution in [0.25, 0.3) is 0 Å². The Morgan fingerprint density at radius 3 is 2.52 bits per heavy atom. The summed E-state index contributed by atoms with van der Waals surface area (Å²) < 4.78 is 35.2. The van der Waals surface area contributed by atoms with Gasteiger partial charge in [0, 0.05) is 17.1 Å². The summed E-state index contributed by atoms with van der Waals surface area (Å²) in [5.41, 5.74) is 2.07. The summed E-state index contributed by atoms with van der Waals surface area (Å²) in [6.07, 6.45) is 0. The van der Waals surface area contributed by atoms with Crippen LogP contribution in [0.2, 0.25) is 0 Å². The Kier molecular flexibility index (Phi) is 6.36. The second-order valence-electron chi connectivity index (χ2n) is 4.99. The number of halogens is 3. The molecule has 2 aromatic rings. The van der Waals surface area contributed by atoms with Crippen molar-refractivity contribution in [1.29, 1.82) is 0 Å². The molecule has 2 rings (SSSR count). The van der Waals surface area contributed by atoms with E-state index in [-0.39, 0.29) is 17.5 Å². The first-order chi connectivity index (χ1) is 11.0. The van der Waals surface area contributed by atoms with Crippen LogP contribution in [0.4, 0.5) is 8.78 Å². The zero-order valence-corrected chi connectivity index (χ0v) is 14.4. The fraction of sp³-hybridized carbons (Fsp3) is 0.294. The minimum absolute atomic E-state index is 0.0325. The van der Waals surface area contributed by atoms with Crippen molar-refractivity contribution in [3.05, 3.63) is 58.1 Å². The molecule has 0 heterocycles. The van der Waals surface area contributed by atoms with Gasteiger partial charge in [0.15, 0.2) is 11.5 Å². The molecule has 0 aliphatic rings. The Labute approximate surface area is 142 Å². The fourth-order valence-electron chi connectivity index (χ4n) is 2.22. The Morgan fingerprint density at radius 1 is 1.13 bits per heavy atom. The highest BCUT2D eigenvalue weighted by Crippen LogP contribution is 2.30. The lowest BCUT2D eigenvalue weighted by Gasteiger charge is -2.17. The van der Waals surface area contributed by atoms with Crippen molar-refractivity contribution >= 4 is 15.9 Å². The molecule has 6 heteroatoms.